The molecule has 0 saturated heterocycles. The third-order valence-corrected chi connectivity index (χ3v) is 4.51. The molecule has 118 valence electrons. The second-order valence-corrected chi connectivity index (χ2v) is 6.33. The summed E-state index contributed by atoms with van der Waals surface area (Å²) in [5.74, 6) is 0.211. The first kappa shape index (κ1) is 16.4. The summed E-state index contributed by atoms with van der Waals surface area (Å²) in [6.45, 7) is 0.627. The van der Waals surface area contributed by atoms with Gasteiger partial charge in [0.05, 0.1) is 15.6 Å². The van der Waals surface area contributed by atoms with Crippen molar-refractivity contribution < 1.29 is 4.39 Å². The lowest BCUT2D eigenvalue weighted by atomic mass is 10.1. The van der Waals surface area contributed by atoms with E-state index in [1.807, 2.05) is 29.0 Å². The summed E-state index contributed by atoms with van der Waals surface area (Å²) < 4.78 is 15.5. The third kappa shape index (κ3) is 3.55. The molecule has 0 atom stereocenters. The number of hydrogen-bond donors (Lipinski definition) is 0. The van der Waals surface area contributed by atoms with Gasteiger partial charge in [-0.05, 0) is 41.5 Å². The molecule has 23 heavy (non-hydrogen) atoms. The molecule has 5 heteroatoms. The van der Waals surface area contributed by atoms with Crippen molar-refractivity contribution in [2.24, 2.45) is 0 Å². The van der Waals surface area contributed by atoms with Crippen molar-refractivity contribution in [1.29, 1.82) is 0 Å². The molecule has 0 aliphatic carbocycles. The molecule has 0 aliphatic heterocycles. The Labute approximate surface area is 148 Å². The standard InChI is InChI=1S/C18H13Cl3FN/c19-7-8-23-11-13(15-5-4-14(22)10-18(15)23)3-1-12-2-6-16(20)17(21)9-12/h1-6,9-11H,7-8H2/b3-1+. The van der Waals surface area contributed by atoms with Gasteiger partial charge in [-0.2, -0.15) is 0 Å². The summed E-state index contributed by atoms with van der Waals surface area (Å²) in [5.41, 5.74) is 2.77. The molecule has 0 N–H and O–H groups in total. The molecule has 0 fully saturated rings. The van der Waals surface area contributed by atoms with Crippen molar-refractivity contribution in [1.82, 2.24) is 4.57 Å². The first-order valence-corrected chi connectivity index (χ1v) is 8.35. The molecule has 0 aliphatic rings. The van der Waals surface area contributed by atoms with E-state index >= 15 is 0 Å². The van der Waals surface area contributed by atoms with E-state index in [1.165, 1.54) is 12.1 Å². The lowest BCUT2D eigenvalue weighted by molar-refractivity contribution is 0.628. The maximum Gasteiger partial charge on any atom is 0.125 e. The minimum absolute atomic E-state index is 0.258. The number of benzene rings is 2. The first-order chi connectivity index (χ1) is 11.1. The smallest absolute Gasteiger partial charge is 0.125 e. The van der Waals surface area contributed by atoms with Gasteiger partial charge in [-0.1, -0.05) is 41.4 Å². The van der Waals surface area contributed by atoms with Crippen LogP contribution < -0.4 is 0 Å². The fourth-order valence-electron chi connectivity index (χ4n) is 2.50. The second kappa shape index (κ2) is 6.96. The van der Waals surface area contributed by atoms with Crippen LogP contribution in [0, 0.1) is 5.82 Å². The summed E-state index contributed by atoms with van der Waals surface area (Å²) in [6, 6.07) is 10.2. The highest BCUT2D eigenvalue weighted by Gasteiger charge is 2.07. The first-order valence-electron chi connectivity index (χ1n) is 7.06. The Morgan fingerprint density at radius 2 is 1.83 bits per heavy atom. The fraction of sp³-hybridized carbons (Fsp3) is 0.111. The molecule has 3 aromatic rings. The molecule has 0 radical (unpaired) electrons. The topological polar surface area (TPSA) is 4.93 Å². The lowest BCUT2D eigenvalue weighted by Crippen LogP contribution is -1.96. The van der Waals surface area contributed by atoms with E-state index < -0.39 is 0 Å². The van der Waals surface area contributed by atoms with Gasteiger partial charge in [0.2, 0.25) is 0 Å². The van der Waals surface area contributed by atoms with E-state index in [0.717, 1.165) is 22.0 Å². The molecule has 0 saturated carbocycles. The van der Waals surface area contributed by atoms with Crippen molar-refractivity contribution >= 4 is 57.9 Å². The predicted molar refractivity (Wildman–Crippen MR) is 98.0 cm³/mol. The van der Waals surface area contributed by atoms with Crippen LogP contribution in [0.1, 0.15) is 11.1 Å². The number of nitrogens with zero attached hydrogens (tertiary/aromatic N) is 1. The Hall–Kier alpha value is -1.48. The van der Waals surface area contributed by atoms with E-state index in [0.29, 0.717) is 22.5 Å². The summed E-state index contributed by atoms with van der Waals surface area (Å²) in [7, 11) is 0. The highest BCUT2D eigenvalue weighted by molar-refractivity contribution is 6.42. The zero-order chi connectivity index (χ0) is 16.4. The number of hydrogen-bond acceptors (Lipinski definition) is 0. The average molecular weight is 369 g/mol. The minimum Gasteiger partial charge on any atom is -0.346 e. The summed E-state index contributed by atoms with van der Waals surface area (Å²) in [4.78, 5) is 0. The number of alkyl halides is 1. The minimum atomic E-state index is -0.258. The monoisotopic (exact) mass is 367 g/mol. The number of halogens is 4. The predicted octanol–water partition coefficient (Wildman–Crippen LogP) is 6.50. The van der Waals surface area contributed by atoms with E-state index in [-0.39, 0.29) is 5.82 Å². The van der Waals surface area contributed by atoms with Gasteiger partial charge in [-0.25, -0.2) is 4.39 Å². The molecule has 2 aromatic carbocycles. The van der Waals surface area contributed by atoms with Crippen LogP contribution in [0.15, 0.2) is 42.6 Å². The number of rotatable bonds is 4. The van der Waals surface area contributed by atoms with Crippen LogP contribution in [0.4, 0.5) is 4.39 Å². The number of aryl methyl sites for hydroxylation is 1. The zero-order valence-electron chi connectivity index (χ0n) is 12.1. The van der Waals surface area contributed by atoms with Crippen LogP contribution in [0.25, 0.3) is 23.1 Å². The SMILES string of the molecule is Fc1ccc2c(/C=C/c3ccc(Cl)c(Cl)c3)cn(CCCl)c2c1. The Bertz CT molecular complexity index is 883. The Balaban J connectivity index is 2.02. The molecular weight excluding hydrogens is 356 g/mol. The van der Waals surface area contributed by atoms with Gasteiger partial charge in [0.15, 0.2) is 0 Å². The quantitative estimate of drug-likeness (QED) is 0.463. The van der Waals surface area contributed by atoms with Crippen molar-refractivity contribution in [2.45, 2.75) is 6.54 Å². The maximum absolute atomic E-state index is 13.5. The van der Waals surface area contributed by atoms with Gasteiger partial charge < -0.3 is 4.57 Å². The fourth-order valence-corrected chi connectivity index (χ4v) is 2.99. The normalized spacial score (nSPS) is 11.7. The molecule has 0 spiro atoms. The van der Waals surface area contributed by atoms with Crippen LogP contribution in [0.3, 0.4) is 0 Å². The van der Waals surface area contributed by atoms with Gasteiger partial charge in [0.1, 0.15) is 5.82 Å². The summed E-state index contributed by atoms with van der Waals surface area (Å²) in [5, 5.41) is 2.02. The summed E-state index contributed by atoms with van der Waals surface area (Å²) >= 11 is 17.8. The van der Waals surface area contributed by atoms with Crippen LogP contribution in [0.2, 0.25) is 10.0 Å². The molecule has 1 aromatic heterocycles. The Kier molecular flexibility index (Phi) is 4.96. The lowest BCUT2D eigenvalue weighted by Gasteiger charge is -2.01. The highest BCUT2D eigenvalue weighted by atomic mass is 35.5. The van der Waals surface area contributed by atoms with Crippen LogP contribution >= 0.6 is 34.8 Å². The summed E-state index contributed by atoms with van der Waals surface area (Å²) in [6.07, 6.45) is 5.90. The number of aromatic nitrogens is 1. The molecule has 1 nitrogen and oxygen atoms in total. The zero-order valence-corrected chi connectivity index (χ0v) is 14.3. The van der Waals surface area contributed by atoms with E-state index in [9.17, 15) is 4.39 Å². The van der Waals surface area contributed by atoms with Crippen LogP contribution in [-0.4, -0.2) is 10.4 Å². The van der Waals surface area contributed by atoms with Crippen LogP contribution in [-0.2, 0) is 6.54 Å². The van der Waals surface area contributed by atoms with Gasteiger partial charge >= 0.3 is 0 Å². The van der Waals surface area contributed by atoms with Crippen molar-refractivity contribution in [3.8, 4) is 0 Å². The molecular formula is C18H13Cl3FN. The Morgan fingerprint density at radius 3 is 2.57 bits per heavy atom. The number of fused-ring (bicyclic) bond motifs is 1. The molecule has 3 rings (SSSR count). The Morgan fingerprint density at radius 1 is 1.00 bits per heavy atom. The van der Waals surface area contributed by atoms with Crippen molar-refractivity contribution in [3.63, 3.8) is 0 Å². The van der Waals surface area contributed by atoms with E-state index in [1.54, 1.807) is 18.2 Å². The molecule has 0 amide bonds. The van der Waals surface area contributed by atoms with Crippen molar-refractivity contribution in [2.75, 3.05) is 5.88 Å². The largest absolute Gasteiger partial charge is 0.346 e. The molecule has 1 heterocycles. The highest BCUT2D eigenvalue weighted by Crippen LogP contribution is 2.26. The van der Waals surface area contributed by atoms with Crippen molar-refractivity contribution in [3.05, 3.63) is 69.6 Å². The van der Waals surface area contributed by atoms with Crippen LogP contribution in [0.5, 0.6) is 0 Å². The van der Waals surface area contributed by atoms with Gasteiger partial charge in [0, 0.05) is 24.0 Å². The third-order valence-electron chi connectivity index (χ3n) is 3.60. The van der Waals surface area contributed by atoms with Gasteiger partial charge in [0.25, 0.3) is 0 Å². The van der Waals surface area contributed by atoms with E-state index in [2.05, 4.69) is 0 Å². The molecule has 0 unspecified atom stereocenters. The maximum atomic E-state index is 13.5. The van der Waals surface area contributed by atoms with Gasteiger partial charge in [-0.15, -0.1) is 11.6 Å². The average Bonchev–Trinajstić information content (AvgIpc) is 2.86. The van der Waals surface area contributed by atoms with E-state index in [4.69, 9.17) is 34.8 Å². The van der Waals surface area contributed by atoms with Gasteiger partial charge in [-0.3, -0.25) is 0 Å². The second-order valence-electron chi connectivity index (χ2n) is 5.14. The molecule has 0 bridgehead atoms.